The number of carbonyl (C=O) groups excluding carboxylic acids is 1. The molecule has 0 bridgehead atoms. The molecular formula is C30H32FNO5. The van der Waals surface area contributed by atoms with Gasteiger partial charge in [0.05, 0.1) is 18.3 Å². The number of amides is 1. The topological polar surface area (TPSA) is 76.1 Å². The van der Waals surface area contributed by atoms with E-state index in [2.05, 4.69) is 0 Å². The summed E-state index contributed by atoms with van der Waals surface area (Å²) in [6.45, 7) is 9.66. The average molecular weight is 506 g/mol. The van der Waals surface area contributed by atoms with Crippen LogP contribution < -0.4 is 9.64 Å². The molecule has 37 heavy (non-hydrogen) atoms. The summed E-state index contributed by atoms with van der Waals surface area (Å²) in [7, 11) is 1.33. The van der Waals surface area contributed by atoms with Crippen molar-refractivity contribution in [2.24, 2.45) is 0 Å². The molecule has 1 heterocycles. The number of nitrogens with zero attached hydrogens (tertiary/aromatic N) is 1. The minimum absolute atomic E-state index is 0.0995. The number of hydrogen-bond donors (Lipinski definition) is 1. The van der Waals surface area contributed by atoms with Gasteiger partial charge in [0, 0.05) is 17.8 Å². The Labute approximate surface area is 216 Å². The van der Waals surface area contributed by atoms with Crippen LogP contribution in [0.5, 0.6) is 5.75 Å². The number of fused-ring (bicyclic) bond motifs is 1. The minimum atomic E-state index is -1.20. The fourth-order valence-electron chi connectivity index (χ4n) is 4.91. The van der Waals surface area contributed by atoms with E-state index in [1.165, 1.54) is 19.2 Å². The van der Waals surface area contributed by atoms with E-state index in [1.54, 1.807) is 11.0 Å². The molecule has 0 aromatic heterocycles. The fourth-order valence-corrected chi connectivity index (χ4v) is 4.91. The summed E-state index contributed by atoms with van der Waals surface area (Å²) >= 11 is 0. The number of methoxy groups -OCH3 is 1. The summed E-state index contributed by atoms with van der Waals surface area (Å²) in [6.07, 6.45) is -0.688. The smallest absolute Gasteiger partial charge is 0.337 e. The van der Waals surface area contributed by atoms with Gasteiger partial charge in [0.25, 0.3) is 5.91 Å². The van der Waals surface area contributed by atoms with Crippen LogP contribution in [0.2, 0.25) is 0 Å². The van der Waals surface area contributed by atoms with E-state index in [0.717, 1.165) is 22.3 Å². The lowest BCUT2D eigenvalue weighted by molar-refractivity contribution is -0.160. The molecule has 194 valence electrons. The van der Waals surface area contributed by atoms with Crippen LogP contribution in [0.25, 0.3) is 11.1 Å². The van der Waals surface area contributed by atoms with E-state index >= 15 is 0 Å². The zero-order chi connectivity index (χ0) is 27.1. The van der Waals surface area contributed by atoms with Gasteiger partial charge < -0.3 is 19.5 Å². The highest BCUT2D eigenvalue weighted by Gasteiger charge is 2.36. The number of halogens is 1. The number of aliphatic carboxylic acids is 1. The molecule has 3 aromatic rings. The van der Waals surface area contributed by atoms with Gasteiger partial charge in [0.2, 0.25) is 0 Å². The first-order chi connectivity index (χ1) is 17.4. The van der Waals surface area contributed by atoms with Gasteiger partial charge in [-0.3, -0.25) is 4.79 Å². The van der Waals surface area contributed by atoms with Crippen molar-refractivity contribution in [1.29, 1.82) is 0 Å². The summed E-state index contributed by atoms with van der Waals surface area (Å²) in [6, 6.07) is 14.0. The number of carboxylic acids is 1. The van der Waals surface area contributed by atoms with E-state index in [1.807, 2.05) is 65.0 Å². The molecular weight excluding hydrogens is 473 g/mol. The molecule has 0 unspecified atom stereocenters. The van der Waals surface area contributed by atoms with E-state index in [9.17, 15) is 19.1 Å². The lowest BCUT2D eigenvalue weighted by Crippen LogP contribution is -2.30. The molecule has 0 fully saturated rings. The molecule has 6 nitrogen and oxygen atoms in total. The summed E-state index contributed by atoms with van der Waals surface area (Å²) < 4.78 is 25.6. The van der Waals surface area contributed by atoms with E-state index in [-0.39, 0.29) is 17.2 Å². The van der Waals surface area contributed by atoms with Crippen LogP contribution in [-0.2, 0) is 16.0 Å². The first kappa shape index (κ1) is 26.4. The second-order valence-corrected chi connectivity index (χ2v) is 10.3. The van der Waals surface area contributed by atoms with E-state index in [4.69, 9.17) is 9.47 Å². The van der Waals surface area contributed by atoms with Crippen LogP contribution in [0.15, 0.2) is 48.5 Å². The van der Waals surface area contributed by atoms with Crippen molar-refractivity contribution >= 4 is 17.6 Å². The molecule has 1 aliphatic rings. The zero-order valence-corrected chi connectivity index (χ0v) is 22.0. The van der Waals surface area contributed by atoms with Crippen LogP contribution in [0, 0.1) is 19.7 Å². The maximum atomic E-state index is 14.4. The minimum Gasteiger partial charge on any atom is -0.493 e. The van der Waals surface area contributed by atoms with Crippen molar-refractivity contribution in [3.05, 3.63) is 82.2 Å². The third-order valence-electron chi connectivity index (χ3n) is 6.48. The van der Waals surface area contributed by atoms with E-state index < -0.39 is 23.5 Å². The summed E-state index contributed by atoms with van der Waals surface area (Å²) in [5, 5.41) is 10.2. The van der Waals surface area contributed by atoms with Gasteiger partial charge in [-0.2, -0.15) is 0 Å². The van der Waals surface area contributed by atoms with Crippen LogP contribution in [-0.4, -0.2) is 36.2 Å². The number of para-hydroxylation sites is 1. The van der Waals surface area contributed by atoms with Crippen LogP contribution in [0.4, 0.5) is 10.1 Å². The Hall–Kier alpha value is -3.71. The first-order valence-corrected chi connectivity index (χ1v) is 12.2. The third-order valence-corrected chi connectivity index (χ3v) is 6.48. The van der Waals surface area contributed by atoms with Crippen molar-refractivity contribution in [3.63, 3.8) is 0 Å². The SMILES string of the molecule is COc1c(F)cccc1C(=O)N1CCc2c1cc(C)c([C@H](OC(C)(C)C)C(=O)O)c2-c1ccc(C)cc1. The number of anilines is 1. The van der Waals surface area contributed by atoms with E-state index in [0.29, 0.717) is 29.8 Å². The number of ether oxygens (including phenoxy) is 2. The number of rotatable bonds is 6. The monoisotopic (exact) mass is 505 g/mol. The number of carbonyl (C=O) groups is 2. The first-order valence-electron chi connectivity index (χ1n) is 12.2. The van der Waals surface area contributed by atoms with Gasteiger partial charge in [-0.1, -0.05) is 35.9 Å². The predicted molar refractivity (Wildman–Crippen MR) is 141 cm³/mol. The lowest BCUT2D eigenvalue weighted by Gasteiger charge is -2.29. The summed E-state index contributed by atoms with van der Waals surface area (Å²) in [5.74, 6) is -2.17. The quantitative estimate of drug-likeness (QED) is 0.428. The molecule has 0 saturated heterocycles. The van der Waals surface area contributed by atoms with Crippen molar-refractivity contribution in [2.45, 2.75) is 52.7 Å². The van der Waals surface area contributed by atoms with Gasteiger partial charge >= 0.3 is 5.97 Å². The van der Waals surface area contributed by atoms with Crippen molar-refractivity contribution in [1.82, 2.24) is 0 Å². The Morgan fingerprint density at radius 3 is 2.35 bits per heavy atom. The van der Waals surface area contributed by atoms with Crippen LogP contribution >= 0.6 is 0 Å². The number of aryl methyl sites for hydroxylation is 2. The standard InChI is InChI=1S/C30H32FNO5/c1-17-10-12-19(13-11-17)25-20-14-15-32(28(33)21-8-7-9-22(31)26(21)36-6)23(20)16-18(2)24(25)27(29(34)35)37-30(3,4)5/h7-13,16,27H,14-15H2,1-6H3,(H,34,35)/t27-/m0/s1. The zero-order valence-electron chi connectivity index (χ0n) is 22.0. The molecule has 0 aliphatic carbocycles. The highest BCUT2D eigenvalue weighted by Crippen LogP contribution is 2.45. The number of benzene rings is 3. The fraction of sp³-hybridized carbons (Fsp3) is 0.333. The molecule has 7 heteroatoms. The molecule has 3 aromatic carbocycles. The third kappa shape index (κ3) is 5.09. The van der Waals surface area contributed by atoms with Gasteiger partial charge in [-0.05, 0) is 81.5 Å². The number of carboxylic acid groups (broad SMARTS) is 1. The Morgan fingerprint density at radius 1 is 1.08 bits per heavy atom. The van der Waals surface area contributed by atoms with Crippen LogP contribution in [0.3, 0.4) is 0 Å². The summed E-state index contributed by atoms with van der Waals surface area (Å²) in [5.41, 5.74) is 4.91. The van der Waals surface area contributed by atoms with Crippen molar-refractivity contribution in [3.8, 4) is 16.9 Å². The van der Waals surface area contributed by atoms with Gasteiger partial charge in [-0.15, -0.1) is 0 Å². The molecule has 4 rings (SSSR count). The molecule has 0 spiro atoms. The maximum Gasteiger partial charge on any atom is 0.337 e. The molecule has 1 N–H and O–H groups in total. The Bertz CT molecular complexity index is 1360. The second-order valence-electron chi connectivity index (χ2n) is 10.3. The lowest BCUT2D eigenvalue weighted by atomic mass is 9.86. The summed E-state index contributed by atoms with van der Waals surface area (Å²) in [4.78, 5) is 27.7. The Balaban J connectivity index is 1.94. The van der Waals surface area contributed by atoms with Crippen LogP contribution in [0.1, 0.15) is 59.5 Å². The molecule has 0 saturated carbocycles. The normalized spacial score (nSPS) is 13.9. The highest BCUT2D eigenvalue weighted by atomic mass is 19.1. The average Bonchev–Trinajstić information content (AvgIpc) is 3.24. The highest BCUT2D eigenvalue weighted by molar-refractivity contribution is 6.10. The molecule has 1 aliphatic heterocycles. The molecule has 1 amide bonds. The van der Waals surface area contributed by atoms with Crippen molar-refractivity contribution < 1.29 is 28.6 Å². The van der Waals surface area contributed by atoms with Gasteiger partial charge in [0.15, 0.2) is 17.7 Å². The van der Waals surface area contributed by atoms with Gasteiger partial charge in [0.1, 0.15) is 0 Å². The second kappa shape index (κ2) is 9.98. The Kier molecular flexibility index (Phi) is 7.11. The number of hydrogen-bond acceptors (Lipinski definition) is 4. The molecule has 1 atom stereocenters. The van der Waals surface area contributed by atoms with Crippen molar-refractivity contribution in [2.75, 3.05) is 18.6 Å². The largest absolute Gasteiger partial charge is 0.493 e. The maximum absolute atomic E-state index is 14.4. The van der Waals surface area contributed by atoms with Gasteiger partial charge in [-0.25, -0.2) is 9.18 Å². The Morgan fingerprint density at radius 2 is 1.76 bits per heavy atom. The molecule has 0 radical (unpaired) electrons. The predicted octanol–water partition coefficient (Wildman–Crippen LogP) is 6.26.